The van der Waals surface area contributed by atoms with E-state index >= 15 is 0 Å². The summed E-state index contributed by atoms with van der Waals surface area (Å²) < 4.78 is 5.98. The van der Waals surface area contributed by atoms with Gasteiger partial charge in [-0.3, -0.25) is 9.89 Å². The molecule has 2 heterocycles. The maximum Gasteiger partial charge on any atom is 0.231 e. The summed E-state index contributed by atoms with van der Waals surface area (Å²) in [4.78, 5) is 15.8. The first kappa shape index (κ1) is 20.0. The number of hydrogen-bond acceptors (Lipinski definition) is 4. The normalized spacial score (nSPS) is 11.1. The van der Waals surface area contributed by atoms with Crippen molar-refractivity contribution in [1.29, 1.82) is 0 Å². The lowest BCUT2D eigenvalue weighted by molar-refractivity contribution is -0.114. The second-order valence-corrected chi connectivity index (χ2v) is 7.99. The number of oxazole rings is 1. The van der Waals surface area contributed by atoms with Crippen molar-refractivity contribution in [2.75, 3.05) is 5.32 Å². The zero-order valence-electron chi connectivity index (χ0n) is 17.4. The number of carbonyl (C=O) groups excluding carboxylic acids is 1. The summed E-state index contributed by atoms with van der Waals surface area (Å²) in [6, 6.07) is 19.6. The van der Waals surface area contributed by atoms with Crippen LogP contribution in [-0.4, -0.2) is 21.1 Å². The highest BCUT2D eigenvalue weighted by molar-refractivity contribution is 6.32. The van der Waals surface area contributed by atoms with E-state index in [2.05, 4.69) is 20.5 Å². The Balaban J connectivity index is 1.45. The summed E-state index contributed by atoms with van der Waals surface area (Å²) >= 11 is 6.23. The van der Waals surface area contributed by atoms with Crippen LogP contribution in [0.3, 0.4) is 0 Å². The third kappa shape index (κ3) is 3.76. The van der Waals surface area contributed by atoms with E-state index in [0.717, 1.165) is 39.2 Å². The molecule has 0 unspecified atom stereocenters. The number of nitrogens with zero attached hydrogens (tertiary/aromatic N) is 2. The minimum atomic E-state index is -0.0883. The largest absolute Gasteiger partial charge is 0.436 e. The lowest BCUT2D eigenvalue weighted by Crippen LogP contribution is -2.05. The zero-order valence-corrected chi connectivity index (χ0v) is 18.2. The summed E-state index contributed by atoms with van der Waals surface area (Å²) in [6.07, 6.45) is 1.71. The molecule has 7 heteroatoms. The Bertz CT molecular complexity index is 1390. The van der Waals surface area contributed by atoms with Crippen molar-refractivity contribution in [2.45, 2.75) is 13.8 Å². The molecule has 5 rings (SSSR count). The number of nitrogens with one attached hydrogen (secondary N) is 2. The number of carbonyl (C=O) groups is 1. The highest BCUT2D eigenvalue weighted by Gasteiger charge is 2.17. The Morgan fingerprint density at radius 1 is 1.00 bits per heavy atom. The van der Waals surface area contributed by atoms with Gasteiger partial charge in [-0.25, -0.2) is 4.98 Å². The molecule has 0 saturated heterocycles. The van der Waals surface area contributed by atoms with Gasteiger partial charge in [-0.15, -0.1) is 0 Å². The van der Waals surface area contributed by atoms with E-state index < -0.39 is 0 Å². The van der Waals surface area contributed by atoms with Gasteiger partial charge in [0, 0.05) is 23.2 Å². The van der Waals surface area contributed by atoms with E-state index in [1.165, 1.54) is 6.92 Å². The van der Waals surface area contributed by atoms with Gasteiger partial charge in [-0.1, -0.05) is 48.0 Å². The number of aromatic amines is 1. The molecule has 0 saturated carbocycles. The van der Waals surface area contributed by atoms with Crippen LogP contribution in [0.15, 0.2) is 71.3 Å². The van der Waals surface area contributed by atoms with Crippen molar-refractivity contribution in [1.82, 2.24) is 15.2 Å². The molecule has 0 aliphatic heterocycles. The number of amides is 1. The second-order valence-electron chi connectivity index (χ2n) is 7.58. The molecule has 0 radical (unpaired) electrons. The lowest BCUT2D eigenvalue weighted by atomic mass is 10.0. The molecule has 2 N–H and O–H groups in total. The third-order valence-electron chi connectivity index (χ3n) is 5.25. The fourth-order valence-electron chi connectivity index (χ4n) is 3.61. The summed E-state index contributed by atoms with van der Waals surface area (Å²) in [5.41, 5.74) is 7.80. The van der Waals surface area contributed by atoms with E-state index in [9.17, 15) is 4.79 Å². The van der Waals surface area contributed by atoms with Crippen LogP contribution in [0.5, 0.6) is 0 Å². The van der Waals surface area contributed by atoms with Gasteiger partial charge in [-0.05, 0) is 47.9 Å². The minimum Gasteiger partial charge on any atom is -0.436 e. The summed E-state index contributed by atoms with van der Waals surface area (Å²) in [5.74, 6) is 0.401. The van der Waals surface area contributed by atoms with Crippen LogP contribution in [0.1, 0.15) is 12.5 Å². The Morgan fingerprint density at radius 3 is 2.34 bits per heavy atom. The Morgan fingerprint density at radius 2 is 1.66 bits per heavy atom. The minimum absolute atomic E-state index is 0.0883. The predicted octanol–water partition coefficient (Wildman–Crippen LogP) is 6.47. The highest BCUT2D eigenvalue weighted by Crippen LogP contribution is 2.34. The number of aromatic nitrogens is 3. The van der Waals surface area contributed by atoms with Gasteiger partial charge in [0.1, 0.15) is 5.52 Å². The molecule has 0 aliphatic rings. The number of H-pyrrole nitrogens is 1. The molecule has 158 valence electrons. The molecular weight excluding hydrogens is 424 g/mol. The van der Waals surface area contributed by atoms with Gasteiger partial charge < -0.3 is 9.73 Å². The summed E-state index contributed by atoms with van der Waals surface area (Å²) in [7, 11) is 0. The van der Waals surface area contributed by atoms with Crippen molar-refractivity contribution >= 4 is 34.3 Å². The molecule has 0 aliphatic carbocycles. The van der Waals surface area contributed by atoms with Crippen LogP contribution in [0.4, 0.5) is 5.69 Å². The first-order valence-corrected chi connectivity index (χ1v) is 10.4. The second kappa shape index (κ2) is 7.98. The maximum absolute atomic E-state index is 11.2. The Labute approximate surface area is 189 Å². The summed E-state index contributed by atoms with van der Waals surface area (Å²) in [6.45, 7) is 3.43. The van der Waals surface area contributed by atoms with Crippen LogP contribution >= 0.6 is 11.6 Å². The van der Waals surface area contributed by atoms with Crippen LogP contribution < -0.4 is 5.32 Å². The van der Waals surface area contributed by atoms with Crippen molar-refractivity contribution in [3.8, 4) is 33.8 Å². The third-order valence-corrected chi connectivity index (χ3v) is 5.66. The highest BCUT2D eigenvalue weighted by atomic mass is 35.5. The van der Waals surface area contributed by atoms with E-state index in [-0.39, 0.29) is 5.91 Å². The van der Waals surface area contributed by atoms with Gasteiger partial charge >= 0.3 is 0 Å². The van der Waals surface area contributed by atoms with E-state index in [4.69, 9.17) is 16.0 Å². The van der Waals surface area contributed by atoms with E-state index in [1.807, 2.05) is 67.6 Å². The van der Waals surface area contributed by atoms with Crippen molar-refractivity contribution < 1.29 is 9.21 Å². The van der Waals surface area contributed by atoms with Gasteiger partial charge in [0.15, 0.2) is 5.58 Å². The lowest BCUT2D eigenvalue weighted by Gasteiger charge is -2.06. The number of rotatable bonds is 4. The van der Waals surface area contributed by atoms with Crippen molar-refractivity contribution in [2.24, 2.45) is 0 Å². The first-order valence-electron chi connectivity index (χ1n) is 10.1. The topological polar surface area (TPSA) is 83.8 Å². The average molecular weight is 443 g/mol. The SMILES string of the molecule is CC(=O)Nc1ccc(-c2ccc(-c3[nH]ncc3-c3nc4cc(Cl)c(C)cc4o3)cc2)cc1. The molecule has 3 aromatic carbocycles. The maximum atomic E-state index is 11.2. The van der Waals surface area contributed by atoms with Gasteiger partial charge in [0.2, 0.25) is 11.8 Å². The number of halogens is 1. The molecule has 5 aromatic rings. The van der Waals surface area contributed by atoms with Crippen LogP contribution in [0.2, 0.25) is 5.02 Å². The molecule has 2 aromatic heterocycles. The predicted molar refractivity (Wildman–Crippen MR) is 127 cm³/mol. The van der Waals surface area contributed by atoms with E-state index in [1.54, 1.807) is 6.20 Å². The average Bonchev–Trinajstić information content (AvgIpc) is 3.41. The van der Waals surface area contributed by atoms with Crippen LogP contribution in [0.25, 0.3) is 44.9 Å². The van der Waals surface area contributed by atoms with Crippen LogP contribution in [-0.2, 0) is 4.79 Å². The zero-order chi connectivity index (χ0) is 22.2. The number of hydrogen-bond donors (Lipinski definition) is 2. The molecular formula is C25H19ClN4O2. The van der Waals surface area contributed by atoms with Gasteiger partial charge in [-0.2, -0.15) is 5.10 Å². The number of fused-ring (bicyclic) bond motifs is 1. The Hall–Kier alpha value is -3.90. The standard InChI is InChI=1S/C25H19ClN4O2/c1-14-11-23-22(12-21(14)26)29-25(32-23)20-13-27-30-24(20)18-5-3-16(4-6-18)17-7-9-19(10-8-17)28-15(2)31/h3-13H,1-2H3,(H,27,30)(H,28,31). The van der Waals surface area contributed by atoms with Gasteiger partial charge in [0.25, 0.3) is 0 Å². The van der Waals surface area contributed by atoms with E-state index in [0.29, 0.717) is 22.0 Å². The number of anilines is 1. The van der Waals surface area contributed by atoms with Crippen molar-refractivity contribution in [3.05, 3.63) is 77.4 Å². The van der Waals surface area contributed by atoms with Crippen LogP contribution in [0, 0.1) is 6.92 Å². The number of benzene rings is 3. The smallest absolute Gasteiger partial charge is 0.231 e. The Kier molecular flexibility index (Phi) is 4.99. The molecule has 32 heavy (non-hydrogen) atoms. The molecule has 0 fully saturated rings. The summed E-state index contributed by atoms with van der Waals surface area (Å²) in [5, 5.41) is 10.7. The number of aryl methyl sites for hydroxylation is 1. The molecule has 0 bridgehead atoms. The van der Waals surface area contributed by atoms with Crippen molar-refractivity contribution in [3.63, 3.8) is 0 Å². The molecule has 0 spiro atoms. The first-order chi connectivity index (χ1) is 15.5. The van der Waals surface area contributed by atoms with Gasteiger partial charge in [0.05, 0.1) is 17.5 Å². The fourth-order valence-corrected chi connectivity index (χ4v) is 3.77. The monoisotopic (exact) mass is 442 g/mol. The quantitative estimate of drug-likeness (QED) is 0.334. The fraction of sp³-hybridized carbons (Fsp3) is 0.0800. The molecule has 1 amide bonds. The molecule has 6 nitrogen and oxygen atoms in total. The molecule has 0 atom stereocenters.